The predicted octanol–water partition coefficient (Wildman–Crippen LogP) is 3.29. The third-order valence-corrected chi connectivity index (χ3v) is 6.06. The van der Waals surface area contributed by atoms with Crippen LogP contribution in [0.25, 0.3) is 0 Å². The number of carbonyl (C=O) groups excluding carboxylic acids is 1. The minimum absolute atomic E-state index is 0.0195. The Bertz CT molecular complexity index is 867. The van der Waals surface area contributed by atoms with Crippen LogP contribution in [0.15, 0.2) is 30.3 Å². The first kappa shape index (κ1) is 19.7. The van der Waals surface area contributed by atoms with Gasteiger partial charge in [0.2, 0.25) is 5.95 Å². The van der Waals surface area contributed by atoms with Crippen LogP contribution in [-0.4, -0.2) is 60.0 Å². The smallest absolute Gasteiger partial charge is 0.272 e. The highest BCUT2D eigenvalue weighted by Gasteiger charge is 2.25. The van der Waals surface area contributed by atoms with E-state index < -0.39 is 0 Å². The minimum Gasteiger partial charge on any atom is -0.368 e. The molecule has 4 rings (SSSR count). The maximum absolute atomic E-state index is 13.1. The van der Waals surface area contributed by atoms with Gasteiger partial charge in [0.05, 0.1) is 0 Å². The van der Waals surface area contributed by atoms with Gasteiger partial charge in [-0.15, -0.1) is 0 Å². The molecule has 1 aromatic heterocycles. The first-order valence-electron chi connectivity index (χ1n) is 10.7. The first-order chi connectivity index (χ1) is 14.0. The molecule has 6 heteroatoms. The van der Waals surface area contributed by atoms with Crippen molar-refractivity contribution in [3.05, 3.63) is 47.3 Å². The Kier molecular flexibility index (Phi) is 5.69. The molecule has 2 aliphatic rings. The summed E-state index contributed by atoms with van der Waals surface area (Å²) in [6.07, 6.45) is 2.31. The van der Waals surface area contributed by atoms with E-state index in [2.05, 4.69) is 57.9 Å². The standard InChI is InChI=1S/C23H31N5O/c1-17-7-9-28(10-8-17)23-24-19(3)16-21(25-23)22(29)27-13-11-26(12-14-27)20-6-4-5-18(2)15-20/h4-6,15-17H,7-14H2,1-3H3. The molecule has 0 N–H and O–H groups in total. The summed E-state index contributed by atoms with van der Waals surface area (Å²) < 4.78 is 0. The molecule has 6 nitrogen and oxygen atoms in total. The highest BCUT2D eigenvalue weighted by atomic mass is 16.2. The number of piperidine rings is 1. The molecule has 0 spiro atoms. The summed E-state index contributed by atoms with van der Waals surface area (Å²) >= 11 is 0. The molecule has 1 aromatic carbocycles. The van der Waals surface area contributed by atoms with E-state index in [0.717, 1.165) is 50.6 Å². The van der Waals surface area contributed by atoms with Crippen LogP contribution in [0.4, 0.5) is 11.6 Å². The van der Waals surface area contributed by atoms with Crippen LogP contribution in [0.1, 0.15) is 41.5 Å². The summed E-state index contributed by atoms with van der Waals surface area (Å²) in [5, 5.41) is 0. The summed E-state index contributed by atoms with van der Waals surface area (Å²) in [4.78, 5) is 28.9. The maximum atomic E-state index is 13.1. The Morgan fingerprint density at radius 3 is 2.34 bits per heavy atom. The normalized spacial score (nSPS) is 18.2. The third kappa shape index (κ3) is 4.52. The third-order valence-electron chi connectivity index (χ3n) is 6.06. The summed E-state index contributed by atoms with van der Waals surface area (Å²) in [7, 11) is 0. The molecule has 0 radical (unpaired) electrons. The van der Waals surface area contributed by atoms with Crippen LogP contribution in [0.5, 0.6) is 0 Å². The van der Waals surface area contributed by atoms with E-state index in [1.165, 1.54) is 11.3 Å². The van der Waals surface area contributed by atoms with Gasteiger partial charge in [-0.05, 0) is 56.4 Å². The lowest BCUT2D eigenvalue weighted by Crippen LogP contribution is -2.49. The molecule has 2 aromatic rings. The van der Waals surface area contributed by atoms with Crippen molar-refractivity contribution in [2.75, 3.05) is 49.1 Å². The average molecular weight is 394 g/mol. The molecule has 29 heavy (non-hydrogen) atoms. The van der Waals surface area contributed by atoms with Crippen molar-refractivity contribution in [1.82, 2.24) is 14.9 Å². The van der Waals surface area contributed by atoms with Crippen LogP contribution < -0.4 is 9.80 Å². The second-order valence-electron chi connectivity index (χ2n) is 8.48. The van der Waals surface area contributed by atoms with Crippen molar-refractivity contribution in [2.45, 2.75) is 33.6 Å². The Hall–Kier alpha value is -2.63. The van der Waals surface area contributed by atoms with Crippen molar-refractivity contribution >= 4 is 17.5 Å². The number of aromatic nitrogens is 2. The zero-order chi connectivity index (χ0) is 20.4. The van der Waals surface area contributed by atoms with Gasteiger partial charge in [0.15, 0.2) is 0 Å². The topological polar surface area (TPSA) is 52.6 Å². The van der Waals surface area contributed by atoms with Gasteiger partial charge in [0.1, 0.15) is 5.69 Å². The number of nitrogens with zero attached hydrogens (tertiary/aromatic N) is 5. The lowest BCUT2D eigenvalue weighted by Gasteiger charge is -2.36. The van der Waals surface area contributed by atoms with Gasteiger partial charge in [-0.1, -0.05) is 19.1 Å². The minimum atomic E-state index is 0.0195. The lowest BCUT2D eigenvalue weighted by atomic mass is 10.00. The van der Waals surface area contributed by atoms with E-state index in [1.54, 1.807) is 0 Å². The Balaban J connectivity index is 1.43. The van der Waals surface area contributed by atoms with Crippen molar-refractivity contribution < 1.29 is 4.79 Å². The number of carbonyl (C=O) groups is 1. The number of anilines is 2. The Labute approximate surface area is 173 Å². The molecule has 3 heterocycles. The van der Waals surface area contributed by atoms with Crippen molar-refractivity contribution in [1.29, 1.82) is 0 Å². The molecule has 0 saturated carbocycles. The molecular weight excluding hydrogens is 362 g/mol. The van der Waals surface area contributed by atoms with Gasteiger partial charge in [0, 0.05) is 50.6 Å². The molecule has 154 valence electrons. The van der Waals surface area contributed by atoms with Crippen LogP contribution in [-0.2, 0) is 0 Å². The van der Waals surface area contributed by atoms with E-state index in [4.69, 9.17) is 0 Å². The molecule has 2 fully saturated rings. The zero-order valence-corrected chi connectivity index (χ0v) is 17.8. The van der Waals surface area contributed by atoms with Crippen LogP contribution in [0.2, 0.25) is 0 Å². The largest absolute Gasteiger partial charge is 0.368 e. The maximum Gasteiger partial charge on any atom is 0.272 e. The van der Waals surface area contributed by atoms with E-state index >= 15 is 0 Å². The quantitative estimate of drug-likeness (QED) is 0.801. The van der Waals surface area contributed by atoms with Crippen LogP contribution >= 0.6 is 0 Å². The SMILES string of the molecule is Cc1cccc(N2CCN(C(=O)c3cc(C)nc(N4CCC(C)CC4)n3)CC2)c1. The second kappa shape index (κ2) is 8.39. The summed E-state index contributed by atoms with van der Waals surface area (Å²) in [6.45, 7) is 11.4. The molecular formula is C23H31N5O. The van der Waals surface area contributed by atoms with Crippen molar-refractivity contribution in [2.24, 2.45) is 5.92 Å². The molecule has 0 unspecified atom stereocenters. The number of aryl methyl sites for hydroxylation is 2. The van der Waals surface area contributed by atoms with E-state index in [1.807, 2.05) is 17.9 Å². The molecule has 2 saturated heterocycles. The van der Waals surface area contributed by atoms with Gasteiger partial charge in [0.25, 0.3) is 5.91 Å². The summed E-state index contributed by atoms with van der Waals surface area (Å²) in [5.74, 6) is 1.48. The van der Waals surface area contributed by atoms with Gasteiger partial charge < -0.3 is 14.7 Å². The van der Waals surface area contributed by atoms with Gasteiger partial charge >= 0.3 is 0 Å². The Morgan fingerprint density at radius 2 is 1.66 bits per heavy atom. The van der Waals surface area contributed by atoms with Crippen LogP contribution in [0.3, 0.4) is 0 Å². The number of benzene rings is 1. The highest BCUT2D eigenvalue weighted by Crippen LogP contribution is 2.22. The fourth-order valence-corrected chi connectivity index (χ4v) is 4.17. The van der Waals surface area contributed by atoms with E-state index in [0.29, 0.717) is 24.7 Å². The number of hydrogen-bond acceptors (Lipinski definition) is 5. The highest BCUT2D eigenvalue weighted by molar-refractivity contribution is 5.93. The van der Waals surface area contributed by atoms with Crippen molar-refractivity contribution in [3.8, 4) is 0 Å². The zero-order valence-electron chi connectivity index (χ0n) is 17.8. The number of rotatable bonds is 3. The van der Waals surface area contributed by atoms with E-state index in [9.17, 15) is 4.79 Å². The van der Waals surface area contributed by atoms with E-state index in [-0.39, 0.29) is 5.91 Å². The molecule has 2 aliphatic heterocycles. The van der Waals surface area contributed by atoms with Crippen LogP contribution in [0, 0.1) is 19.8 Å². The lowest BCUT2D eigenvalue weighted by molar-refractivity contribution is 0.0740. The number of hydrogen-bond donors (Lipinski definition) is 0. The monoisotopic (exact) mass is 393 g/mol. The number of piperazine rings is 1. The van der Waals surface area contributed by atoms with Gasteiger partial charge in [-0.2, -0.15) is 0 Å². The Morgan fingerprint density at radius 1 is 0.931 bits per heavy atom. The molecule has 0 aliphatic carbocycles. The summed E-state index contributed by atoms with van der Waals surface area (Å²) in [6, 6.07) is 10.4. The molecule has 0 bridgehead atoms. The van der Waals surface area contributed by atoms with Crippen molar-refractivity contribution in [3.63, 3.8) is 0 Å². The molecule has 1 amide bonds. The first-order valence-corrected chi connectivity index (χ1v) is 10.7. The van der Waals surface area contributed by atoms with Gasteiger partial charge in [-0.25, -0.2) is 9.97 Å². The number of amides is 1. The second-order valence-corrected chi connectivity index (χ2v) is 8.48. The fraction of sp³-hybridized carbons (Fsp3) is 0.522. The molecule has 0 atom stereocenters. The summed E-state index contributed by atoms with van der Waals surface area (Å²) in [5.41, 5.74) is 3.87. The fourth-order valence-electron chi connectivity index (χ4n) is 4.17. The average Bonchev–Trinajstić information content (AvgIpc) is 2.73. The predicted molar refractivity (Wildman–Crippen MR) is 117 cm³/mol. The van der Waals surface area contributed by atoms with Gasteiger partial charge in [-0.3, -0.25) is 4.79 Å².